The van der Waals surface area contributed by atoms with E-state index in [2.05, 4.69) is 25.9 Å². The molecule has 2 aromatic carbocycles. The fraction of sp³-hybridized carbons (Fsp3) is 0.185. The SMILES string of the molecule is Nc1cn2c(C(=O)N[C@H]3CCc4cc(C(=O)O)ccc43)cc(C(=O)NCc3ccc4c(c3)NC(=O)CO4)nc2n1. The molecule has 0 saturated heterocycles. The number of nitrogens with one attached hydrogen (secondary N) is 3. The first-order chi connectivity index (χ1) is 19.2. The van der Waals surface area contributed by atoms with Gasteiger partial charge in [0.05, 0.1) is 23.5 Å². The highest BCUT2D eigenvalue weighted by Crippen LogP contribution is 2.32. The van der Waals surface area contributed by atoms with Gasteiger partial charge >= 0.3 is 5.97 Å². The molecule has 0 saturated carbocycles. The fourth-order valence-electron chi connectivity index (χ4n) is 4.92. The summed E-state index contributed by atoms with van der Waals surface area (Å²) < 4.78 is 6.77. The molecule has 6 rings (SSSR count). The third kappa shape index (κ3) is 4.64. The minimum atomic E-state index is -1.01. The van der Waals surface area contributed by atoms with Gasteiger partial charge < -0.3 is 31.5 Å². The number of aryl methyl sites for hydroxylation is 1. The number of nitrogens with two attached hydrogens (primary N) is 1. The second-order valence-corrected chi connectivity index (χ2v) is 9.50. The number of hydrogen-bond donors (Lipinski definition) is 5. The third-order valence-corrected chi connectivity index (χ3v) is 6.83. The first kappa shape index (κ1) is 24.9. The summed E-state index contributed by atoms with van der Waals surface area (Å²) in [5.41, 5.74) is 9.08. The lowest BCUT2D eigenvalue weighted by molar-refractivity contribution is -0.118. The lowest BCUT2D eigenvalue weighted by atomic mass is 10.0. The number of rotatable bonds is 6. The molecule has 0 radical (unpaired) electrons. The number of carbonyl (C=O) groups is 4. The van der Waals surface area contributed by atoms with E-state index in [1.165, 1.54) is 22.7 Å². The molecular weight excluding hydrogens is 518 g/mol. The van der Waals surface area contributed by atoms with E-state index in [1.807, 2.05) is 0 Å². The van der Waals surface area contributed by atoms with E-state index >= 15 is 0 Å². The van der Waals surface area contributed by atoms with Crippen LogP contribution in [0.2, 0.25) is 0 Å². The zero-order chi connectivity index (χ0) is 28.0. The second kappa shape index (κ2) is 9.69. The maximum atomic E-state index is 13.4. The summed E-state index contributed by atoms with van der Waals surface area (Å²) in [4.78, 5) is 57.8. The summed E-state index contributed by atoms with van der Waals surface area (Å²) in [6.45, 7) is 0.0779. The van der Waals surface area contributed by atoms with Crippen molar-refractivity contribution in [3.8, 4) is 5.75 Å². The van der Waals surface area contributed by atoms with Gasteiger partial charge in [-0.15, -0.1) is 0 Å². The number of ether oxygens (including phenoxy) is 1. The van der Waals surface area contributed by atoms with Gasteiger partial charge in [0.2, 0.25) is 5.78 Å². The Morgan fingerprint density at radius 1 is 1.12 bits per heavy atom. The predicted molar refractivity (Wildman–Crippen MR) is 141 cm³/mol. The number of amides is 3. The lowest BCUT2D eigenvalue weighted by Gasteiger charge is -2.18. The zero-order valence-electron chi connectivity index (χ0n) is 20.9. The van der Waals surface area contributed by atoms with Crippen molar-refractivity contribution in [2.24, 2.45) is 0 Å². The van der Waals surface area contributed by atoms with Gasteiger partial charge in [0.25, 0.3) is 17.7 Å². The smallest absolute Gasteiger partial charge is 0.335 e. The standard InChI is InChI=1S/C27H23N7O6/c28-22-11-34-20(25(37)31-17-5-3-14-8-15(26(38)39)2-4-16(14)17)9-19(32-27(34)33-22)24(36)29-10-13-1-6-21-18(7-13)30-23(35)12-40-21/h1-2,4,6-9,11,17H,3,5,10,12,28H2,(H,29,36)(H,30,35)(H,31,37)(H,38,39)/t17-/m0/s1. The second-order valence-electron chi connectivity index (χ2n) is 9.50. The monoisotopic (exact) mass is 541 g/mol. The molecule has 1 aliphatic heterocycles. The molecular formula is C27H23N7O6. The molecule has 3 amide bonds. The predicted octanol–water partition coefficient (Wildman–Crippen LogP) is 1.69. The molecule has 4 aromatic rings. The summed E-state index contributed by atoms with van der Waals surface area (Å²) in [6, 6.07) is 11.1. The van der Waals surface area contributed by atoms with Gasteiger partial charge in [0.1, 0.15) is 23.0 Å². The molecule has 2 aromatic heterocycles. The van der Waals surface area contributed by atoms with Crippen LogP contribution in [0.15, 0.2) is 48.7 Å². The number of carbonyl (C=O) groups excluding carboxylic acids is 3. The number of nitrogens with zero attached hydrogens (tertiary/aromatic N) is 3. The minimum Gasteiger partial charge on any atom is -0.482 e. The molecule has 0 spiro atoms. The van der Waals surface area contributed by atoms with E-state index in [-0.39, 0.29) is 53.6 Å². The maximum Gasteiger partial charge on any atom is 0.335 e. The Labute approximate surface area is 226 Å². The molecule has 3 heterocycles. The average Bonchev–Trinajstić information content (AvgIpc) is 3.52. The summed E-state index contributed by atoms with van der Waals surface area (Å²) in [7, 11) is 0. The van der Waals surface area contributed by atoms with Crippen LogP contribution in [0.1, 0.15) is 60.5 Å². The number of carboxylic acid groups (broad SMARTS) is 1. The highest BCUT2D eigenvalue weighted by atomic mass is 16.5. The molecule has 6 N–H and O–H groups in total. The van der Waals surface area contributed by atoms with Crippen LogP contribution in [0, 0.1) is 0 Å². The number of hydrogen-bond acceptors (Lipinski definition) is 8. The van der Waals surface area contributed by atoms with E-state index in [4.69, 9.17) is 10.5 Å². The van der Waals surface area contributed by atoms with Crippen molar-refractivity contribution in [1.29, 1.82) is 0 Å². The number of aromatic nitrogens is 3. The number of imidazole rings is 1. The molecule has 0 fully saturated rings. The Kier molecular flexibility index (Phi) is 6.02. The van der Waals surface area contributed by atoms with Gasteiger partial charge in [-0.05, 0) is 59.9 Å². The number of anilines is 2. The summed E-state index contributed by atoms with van der Waals surface area (Å²) in [5.74, 6) is -1.52. The van der Waals surface area contributed by atoms with Gasteiger partial charge in [-0.25, -0.2) is 9.78 Å². The van der Waals surface area contributed by atoms with E-state index in [1.54, 1.807) is 30.3 Å². The number of nitrogen functional groups attached to an aromatic ring is 1. The van der Waals surface area contributed by atoms with E-state index in [0.29, 0.717) is 29.8 Å². The van der Waals surface area contributed by atoms with Crippen LogP contribution in [-0.2, 0) is 17.8 Å². The highest BCUT2D eigenvalue weighted by Gasteiger charge is 2.27. The van der Waals surface area contributed by atoms with Crippen molar-refractivity contribution in [3.63, 3.8) is 0 Å². The van der Waals surface area contributed by atoms with Crippen LogP contribution in [0.5, 0.6) is 5.75 Å². The molecule has 2 aliphatic rings. The Balaban J connectivity index is 1.22. The fourth-order valence-corrected chi connectivity index (χ4v) is 4.92. The van der Waals surface area contributed by atoms with Crippen molar-refractivity contribution < 1.29 is 29.0 Å². The summed E-state index contributed by atoms with van der Waals surface area (Å²) >= 11 is 0. The number of carboxylic acids is 1. The average molecular weight is 542 g/mol. The van der Waals surface area contributed by atoms with Gasteiger partial charge in [0.15, 0.2) is 6.61 Å². The van der Waals surface area contributed by atoms with Crippen molar-refractivity contribution in [2.75, 3.05) is 17.7 Å². The van der Waals surface area contributed by atoms with Crippen LogP contribution in [0.25, 0.3) is 5.78 Å². The Bertz CT molecular complexity index is 1730. The van der Waals surface area contributed by atoms with Crippen LogP contribution >= 0.6 is 0 Å². The Hall–Kier alpha value is -5.46. The van der Waals surface area contributed by atoms with Crippen LogP contribution in [0.4, 0.5) is 11.5 Å². The molecule has 13 nitrogen and oxygen atoms in total. The number of benzene rings is 2. The van der Waals surface area contributed by atoms with Gasteiger partial charge in [-0.1, -0.05) is 12.1 Å². The van der Waals surface area contributed by atoms with Crippen molar-refractivity contribution in [3.05, 3.63) is 82.3 Å². The van der Waals surface area contributed by atoms with E-state index in [0.717, 1.165) is 11.1 Å². The van der Waals surface area contributed by atoms with Crippen LogP contribution < -0.4 is 26.4 Å². The van der Waals surface area contributed by atoms with Crippen LogP contribution in [-0.4, -0.2) is 49.8 Å². The van der Waals surface area contributed by atoms with Gasteiger partial charge in [-0.3, -0.25) is 18.8 Å². The van der Waals surface area contributed by atoms with Crippen molar-refractivity contribution in [2.45, 2.75) is 25.4 Å². The summed E-state index contributed by atoms with van der Waals surface area (Å²) in [5, 5.41) is 17.7. The molecule has 0 bridgehead atoms. The maximum absolute atomic E-state index is 13.4. The first-order valence-electron chi connectivity index (χ1n) is 12.4. The molecule has 202 valence electrons. The molecule has 40 heavy (non-hydrogen) atoms. The summed E-state index contributed by atoms with van der Waals surface area (Å²) in [6.07, 6.45) is 2.67. The topological polar surface area (TPSA) is 190 Å². The molecule has 0 unspecified atom stereocenters. The molecule has 13 heteroatoms. The molecule has 1 aliphatic carbocycles. The Morgan fingerprint density at radius 2 is 1.98 bits per heavy atom. The number of fused-ring (bicyclic) bond motifs is 3. The van der Waals surface area contributed by atoms with Gasteiger partial charge in [0, 0.05) is 6.54 Å². The normalized spacial score (nSPS) is 15.5. The van der Waals surface area contributed by atoms with E-state index in [9.17, 15) is 24.3 Å². The van der Waals surface area contributed by atoms with Crippen molar-refractivity contribution in [1.82, 2.24) is 25.0 Å². The lowest BCUT2D eigenvalue weighted by Crippen LogP contribution is -2.30. The zero-order valence-corrected chi connectivity index (χ0v) is 20.9. The van der Waals surface area contributed by atoms with Crippen molar-refractivity contribution >= 4 is 41.0 Å². The quantitative estimate of drug-likeness (QED) is 0.242. The van der Waals surface area contributed by atoms with E-state index < -0.39 is 17.8 Å². The molecule has 1 atom stereocenters. The highest BCUT2D eigenvalue weighted by molar-refractivity contribution is 5.99. The minimum absolute atomic E-state index is 0.0317. The first-order valence-corrected chi connectivity index (χ1v) is 12.4. The largest absolute Gasteiger partial charge is 0.482 e. The van der Waals surface area contributed by atoms with Gasteiger partial charge in [-0.2, -0.15) is 4.98 Å². The third-order valence-electron chi connectivity index (χ3n) is 6.83. The number of aromatic carboxylic acids is 1. The Morgan fingerprint density at radius 3 is 2.80 bits per heavy atom. The van der Waals surface area contributed by atoms with Crippen LogP contribution in [0.3, 0.4) is 0 Å².